The Bertz CT molecular complexity index is 1440. The summed E-state index contributed by atoms with van der Waals surface area (Å²) in [7, 11) is 3.01. The van der Waals surface area contributed by atoms with Crippen molar-refractivity contribution in [1.29, 1.82) is 0 Å². The number of benzene rings is 3. The van der Waals surface area contributed by atoms with Gasteiger partial charge in [-0.25, -0.2) is 9.97 Å². The quantitative estimate of drug-likeness (QED) is 0.387. The number of methoxy groups -OCH3 is 2. The second-order valence-electron chi connectivity index (χ2n) is 8.63. The topological polar surface area (TPSA) is 106 Å². The van der Waals surface area contributed by atoms with Crippen LogP contribution in [-0.2, 0) is 4.79 Å². The third kappa shape index (κ3) is 4.88. The van der Waals surface area contributed by atoms with Crippen LogP contribution in [0.2, 0.25) is 0 Å². The highest BCUT2D eigenvalue weighted by molar-refractivity contribution is 6.06. The number of ether oxygens (including phenoxy) is 2. The van der Waals surface area contributed by atoms with Crippen molar-refractivity contribution in [3.8, 4) is 11.5 Å². The molecule has 1 atom stereocenters. The summed E-state index contributed by atoms with van der Waals surface area (Å²) in [6, 6.07) is 19.5. The summed E-state index contributed by atoms with van der Waals surface area (Å²) in [4.78, 5) is 37.0. The summed E-state index contributed by atoms with van der Waals surface area (Å²) >= 11 is 0. The maximum Gasteiger partial charge on any atom is 0.255 e. The molecular formula is C28H27N5O4. The Balaban J connectivity index is 1.39. The second-order valence-corrected chi connectivity index (χ2v) is 8.63. The fourth-order valence-electron chi connectivity index (χ4n) is 4.61. The van der Waals surface area contributed by atoms with Crippen molar-refractivity contribution in [1.82, 2.24) is 9.97 Å². The van der Waals surface area contributed by atoms with Crippen molar-refractivity contribution in [2.75, 3.05) is 36.3 Å². The fraction of sp³-hybridized carbons (Fsp3) is 0.214. The highest BCUT2D eigenvalue weighted by atomic mass is 16.5. The van der Waals surface area contributed by atoms with E-state index in [0.29, 0.717) is 41.4 Å². The molecule has 2 amide bonds. The molecule has 2 N–H and O–H groups in total. The number of nitrogens with one attached hydrogen (secondary N) is 2. The minimum atomic E-state index is -0.411. The SMILES string of the molecule is COc1cc(NC(=O)[C@H]2CCCN2c2ncnc3ccccc23)c(OC)cc1NC(=O)c1ccccc1. The molecule has 3 aromatic carbocycles. The highest BCUT2D eigenvalue weighted by Gasteiger charge is 2.33. The highest BCUT2D eigenvalue weighted by Crippen LogP contribution is 2.37. The van der Waals surface area contributed by atoms with Gasteiger partial charge in [0, 0.05) is 29.6 Å². The number of carbonyl (C=O) groups is 2. The largest absolute Gasteiger partial charge is 0.494 e. The van der Waals surface area contributed by atoms with Crippen molar-refractivity contribution in [2.24, 2.45) is 0 Å². The van der Waals surface area contributed by atoms with E-state index in [4.69, 9.17) is 9.47 Å². The van der Waals surface area contributed by atoms with Crippen LogP contribution in [0.15, 0.2) is 73.1 Å². The van der Waals surface area contributed by atoms with E-state index in [-0.39, 0.29) is 11.8 Å². The van der Waals surface area contributed by atoms with Gasteiger partial charge in [0.1, 0.15) is 29.7 Å². The molecule has 9 heteroatoms. The van der Waals surface area contributed by atoms with Crippen molar-refractivity contribution >= 4 is 39.9 Å². The maximum atomic E-state index is 13.5. The van der Waals surface area contributed by atoms with Crippen LogP contribution in [0.1, 0.15) is 23.2 Å². The molecule has 0 spiro atoms. The van der Waals surface area contributed by atoms with E-state index in [9.17, 15) is 9.59 Å². The van der Waals surface area contributed by atoms with Crippen LogP contribution in [0.3, 0.4) is 0 Å². The zero-order valence-corrected chi connectivity index (χ0v) is 20.6. The predicted molar refractivity (Wildman–Crippen MR) is 142 cm³/mol. The molecule has 0 radical (unpaired) electrons. The third-order valence-corrected chi connectivity index (χ3v) is 6.41. The van der Waals surface area contributed by atoms with Gasteiger partial charge in [-0.1, -0.05) is 30.3 Å². The number of amides is 2. The Morgan fingerprint density at radius 1 is 0.892 bits per heavy atom. The number of para-hydroxylation sites is 1. The van der Waals surface area contributed by atoms with Gasteiger partial charge in [-0.2, -0.15) is 0 Å². The molecule has 188 valence electrons. The van der Waals surface area contributed by atoms with Crippen molar-refractivity contribution in [3.05, 3.63) is 78.6 Å². The van der Waals surface area contributed by atoms with Gasteiger partial charge >= 0.3 is 0 Å². The standard InChI is InChI=1S/C28H27N5O4/c1-36-24-16-22(25(37-2)15-21(24)31-27(34)18-9-4-3-5-10-18)32-28(35)23-13-8-14-33(23)26-19-11-6-7-12-20(19)29-17-30-26/h3-7,9-12,15-17,23H,8,13-14H2,1-2H3,(H,31,34)(H,32,35)/t23-/m1/s1. The number of aromatic nitrogens is 2. The summed E-state index contributed by atoms with van der Waals surface area (Å²) in [6.45, 7) is 0.712. The molecule has 5 rings (SSSR count). The smallest absolute Gasteiger partial charge is 0.255 e. The van der Waals surface area contributed by atoms with Gasteiger partial charge in [0.2, 0.25) is 5.91 Å². The lowest BCUT2D eigenvalue weighted by Crippen LogP contribution is -2.40. The van der Waals surface area contributed by atoms with Gasteiger partial charge in [0.25, 0.3) is 5.91 Å². The first-order chi connectivity index (χ1) is 18.1. The molecular weight excluding hydrogens is 470 g/mol. The minimum absolute atomic E-state index is 0.179. The van der Waals surface area contributed by atoms with Crippen molar-refractivity contribution in [2.45, 2.75) is 18.9 Å². The van der Waals surface area contributed by atoms with Crippen LogP contribution in [0, 0.1) is 0 Å². The van der Waals surface area contributed by atoms with E-state index in [1.54, 1.807) is 36.4 Å². The Labute approximate surface area is 214 Å². The van der Waals surface area contributed by atoms with E-state index < -0.39 is 6.04 Å². The van der Waals surface area contributed by atoms with Gasteiger partial charge in [-0.15, -0.1) is 0 Å². The Hall–Kier alpha value is -4.66. The molecule has 1 fully saturated rings. The molecule has 1 aliphatic rings. The van der Waals surface area contributed by atoms with E-state index in [1.165, 1.54) is 20.5 Å². The van der Waals surface area contributed by atoms with Gasteiger partial charge in [0.15, 0.2) is 0 Å². The number of rotatable bonds is 7. The Kier molecular flexibility index (Phi) is 6.85. The summed E-state index contributed by atoms with van der Waals surface area (Å²) in [6.07, 6.45) is 3.08. The molecule has 1 aromatic heterocycles. The first-order valence-electron chi connectivity index (χ1n) is 12.0. The van der Waals surface area contributed by atoms with Crippen LogP contribution >= 0.6 is 0 Å². The fourth-order valence-corrected chi connectivity index (χ4v) is 4.61. The van der Waals surface area contributed by atoms with Gasteiger partial charge < -0.3 is 25.0 Å². The van der Waals surface area contributed by atoms with E-state index in [2.05, 4.69) is 20.6 Å². The number of nitrogens with zero attached hydrogens (tertiary/aromatic N) is 3. The summed E-state index contributed by atoms with van der Waals surface area (Å²) in [5.74, 6) is 1.07. The lowest BCUT2D eigenvalue weighted by molar-refractivity contribution is -0.117. The first kappa shape index (κ1) is 24.1. The Morgan fingerprint density at radius 2 is 1.57 bits per heavy atom. The van der Waals surface area contributed by atoms with E-state index in [1.807, 2.05) is 35.2 Å². The average Bonchev–Trinajstić information content (AvgIpc) is 3.43. The maximum absolute atomic E-state index is 13.5. The Morgan fingerprint density at radius 3 is 2.30 bits per heavy atom. The average molecular weight is 498 g/mol. The normalized spacial score (nSPS) is 14.9. The van der Waals surface area contributed by atoms with Crippen molar-refractivity contribution in [3.63, 3.8) is 0 Å². The molecule has 0 saturated carbocycles. The van der Waals surface area contributed by atoms with Crippen molar-refractivity contribution < 1.29 is 19.1 Å². The molecule has 9 nitrogen and oxygen atoms in total. The molecule has 4 aromatic rings. The monoisotopic (exact) mass is 497 g/mol. The number of hydrogen-bond donors (Lipinski definition) is 2. The molecule has 2 heterocycles. The summed E-state index contributed by atoms with van der Waals surface area (Å²) in [5, 5.41) is 6.76. The number of anilines is 3. The van der Waals surface area contributed by atoms with E-state index >= 15 is 0 Å². The van der Waals surface area contributed by atoms with Crippen LogP contribution in [0.4, 0.5) is 17.2 Å². The number of fused-ring (bicyclic) bond motifs is 1. The molecule has 1 aliphatic heterocycles. The summed E-state index contributed by atoms with van der Waals surface area (Å²) < 4.78 is 11.1. The molecule has 1 saturated heterocycles. The van der Waals surface area contributed by atoms with Crippen LogP contribution in [0.5, 0.6) is 11.5 Å². The zero-order chi connectivity index (χ0) is 25.8. The molecule has 0 aliphatic carbocycles. The van der Waals surface area contributed by atoms with Crippen LogP contribution in [-0.4, -0.2) is 48.6 Å². The number of carbonyl (C=O) groups excluding carboxylic acids is 2. The second kappa shape index (κ2) is 10.5. The molecule has 0 bridgehead atoms. The number of hydrogen-bond acceptors (Lipinski definition) is 7. The van der Waals surface area contributed by atoms with Crippen LogP contribution in [0.25, 0.3) is 10.9 Å². The predicted octanol–water partition coefficient (Wildman–Crippen LogP) is 4.51. The molecule has 37 heavy (non-hydrogen) atoms. The zero-order valence-electron chi connectivity index (χ0n) is 20.6. The first-order valence-corrected chi connectivity index (χ1v) is 12.0. The van der Waals surface area contributed by atoms with Gasteiger partial charge in [-0.3, -0.25) is 9.59 Å². The lowest BCUT2D eigenvalue weighted by Gasteiger charge is -2.26. The summed E-state index contributed by atoms with van der Waals surface area (Å²) in [5.41, 5.74) is 2.22. The van der Waals surface area contributed by atoms with Gasteiger partial charge in [0.05, 0.1) is 31.1 Å². The minimum Gasteiger partial charge on any atom is -0.494 e. The van der Waals surface area contributed by atoms with E-state index in [0.717, 1.165) is 23.1 Å². The lowest BCUT2D eigenvalue weighted by atomic mass is 10.1. The van der Waals surface area contributed by atoms with Gasteiger partial charge in [-0.05, 0) is 37.1 Å². The van der Waals surface area contributed by atoms with Crippen LogP contribution < -0.4 is 25.0 Å². The molecule has 0 unspecified atom stereocenters. The third-order valence-electron chi connectivity index (χ3n) is 6.41.